The molecule has 2 aromatic carbocycles. The number of halogens is 2. The smallest absolute Gasteiger partial charge is 0.335 e. The molecule has 0 unspecified atom stereocenters. The highest BCUT2D eigenvalue weighted by Crippen LogP contribution is 2.25. The number of anilines is 2. The van der Waals surface area contributed by atoms with Crippen LogP contribution in [0.25, 0.3) is 0 Å². The molecule has 0 radical (unpaired) electrons. The van der Waals surface area contributed by atoms with Crippen molar-refractivity contribution in [2.75, 3.05) is 10.6 Å². The summed E-state index contributed by atoms with van der Waals surface area (Å²) < 4.78 is 0.469. The van der Waals surface area contributed by atoms with Gasteiger partial charge in [-0.05, 0) is 46.3 Å². The molecule has 108 valence electrons. The average molecular weight is 370 g/mol. The summed E-state index contributed by atoms with van der Waals surface area (Å²) in [5.41, 5.74) is 1.05. The van der Waals surface area contributed by atoms with Crippen LogP contribution in [-0.2, 0) is 0 Å². The van der Waals surface area contributed by atoms with Gasteiger partial charge in [-0.2, -0.15) is 0 Å². The van der Waals surface area contributed by atoms with E-state index in [0.717, 1.165) is 0 Å². The second-order valence-corrected chi connectivity index (χ2v) is 5.32. The van der Waals surface area contributed by atoms with Gasteiger partial charge < -0.3 is 15.7 Å². The summed E-state index contributed by atoms with van der Waals surface area (Å²) in [6.45, 7) is 0. The molecule has 0 spiro atoms. The number of hydrogen-bond acceptors (Lipinski definition) is 2. The maximum Gasteiger partial charge on any atom is 0.335 e. The Kier molecular flexibility index (Phi) is 4.82. The van der Waals surface area contributed by atoms with Crippen LogP contribution in [0, 0.1) is 0 Å². The molecule has 0 atom stereocenters. The van der Waals surface area contributed by atoms with E-state index in [9.17, 15) is 9.59 Å². The van der Waals surface area contributed by atoms with Crippen LogP contribution < -0.4 is 10.6 Å². The van der Waals surface area contributed by atoms with Gasteiger partial charge >= 0.3 is 12.0 Å². The van der Waals surface area contributed by atoms with Crippen LogP contribution in [0.2, 0.25) is 5.02 Å². The standard InChI is InChI=1S/C14H10BrClN2O3/c15-9-7-8(13(19)20)5-6-11(9)17-14(21)18-12-4-2-1-3-10(12)16/h1-7H,(H,19,20)(H2,17,18,21). The molecule has 2 rings (SSSR count). The molecule has 2 amide bonds. The molecular weight excluding hydrogens is 360 g/mol. The summed E-state index contributed by atoms with van der Waals surface area (Å²) in [6, 6.07) is 10.7. The molecule has 7 heteroatoms. The minimum Gasteiger partial charge on any atom is -0.478 e. The molecule has 0 aromatic heterocycles. The number of nitrogens with one attached hydrogen (secondary N) is 2. The van der Waals surface area contributed by atoms with Gasteiger partial charge in [0.15, 0.2) is 0 Å². The number of carboxylic acid groups (broad SMARTS) is 1. The van der Waals surface area contributed by atoms with Gasteiger partial charge in [0.25, 0.3) is 0 Å². The largest absolute Gasteiger partial charge is 0.478 e. The van der Waals surface area contributed by atoms with Crippen LogP contribution in [-0.4, -0.2) is 17.1 Å². The minimum absolute atomic E-state index is 0.124. The zero-order valence-electron chi connectivity index (χ0n) is 10.6. The lowest BCUT2D eigenvalue weighted by molar-refractivity contribution is 0.0697. The van der Waals surface area contributed by atoms with Crippen LogP contribution >= 0.6 is 27.5 Å². The number of hydrogen-bond donors (Lipinski definition) is 3. The van der Waals surface area contributed by atoms with Crippen LogP contribution in [0.1, 0.15) is 10.4 Å². The summed E-state index contributed by atoms with van der Waals surface area (Å²) in [5.74, 6) is -1.04. The van der Waals surface area contributed by atoms with Crippen molar-refractivity contribution in [1.82, 2.24) is 0 Å². The summed E-state index contributed by atoms with van der Waals surface area (Å²) >= 11 is 9.15. The average Bonchev–Trinajstić information content (AvgIpc) is 2.43. The number of carbonyl (C=O) groups excluding carboxylic acids is 1. The van der Waals surface area contributed by atoms with E-state index in [2.05, 4.69) is 26.6 Å². The van der Waals surface area contributed by atoms with Crippen molar-refractivity contribution in [2.24, 2.45) is 0 Å². The Morgan fingerprint density at radius 1 is 1.05 bits per heavy atom. The van der Waals surface area contributed by atoms with Gasteiger partial charge in [0.1, 0.15) is 0 Å². The Bertz CT molecular complexity index is 706. The highest BCUT2D eigenvalue weighted by molar-refractivity contribution is 9.10. The molecule has 0 aliphatic carbocycles. The maximum absolute atomic E-state index is 11.9. The van der Waals surface area contributed by atoms with Crippen molar-refractivity contribution in [1.29, 1.82) is 0 Å². The molecule has 0 fully saturated rings. The van der Waals surface area contributed by atoms with Crippen molar-refractivity contribution in [2.45, 2.75) is 0 Å². The van der Waals surface area contributed by atoms with E-state index >= 15 is 0 Å². The Hall–Kier alpha value is -2.05. The zero-order valence-corrected chi connectivity index (χ0v) is 12.9. The van der Waals surface area contributed by atoms with Crippen molar-refractivity contribution in [3.05, 3.63) is 57.5 Å². The van der Waals surface area contributed by atoms with Gasteiger partial charge in [0.2, 0.25) is 0 Å². The number of carbonyl (C=O) groups is 2. The third-order valence-corrected chi connectivity index (χ3v) is 3.57. The highest BCUT2D eigenvalue weighted by Gasteiger charge is 2.10. The Labute approximate surface area is 134 Å². The first-order valence-electron chi connectivity index (χ1n) is 5.83. The van der Waals surface area contributed by atoms with Crippen LogP contribution in [0.4, 0.5) is 16.2 Å². The predicted octanol–water partition coefficient (Wildman–Crippen LogP) is 4.44. The van der Waals surface area contributed by atoms with E-state index in [4.69, 9.17) is 16.7 Å². The molecule has 2 aromatic rings. The molecule has 0 aliphatic rings. The van der Waals surface area contributed by atoms with E-state index in [1.165, 1.54) is 18.2 Å². The summed E-state index contributed by atoms with van der Waals surface area (Å²) in [7, 11) is 0. The third kappa shape index (κ3) is 3.96. The van der Waals surface area contributed by atoms with E-state index in [1.807, 2.05) is 0 Å². The normalized spacial score (nSPS) is 10.0. The first-order valence-corrected chi connectivity index (χ1v) is 7.00. The van der Waals surface area contributed by atoms with Gasteiger partial charge in [0.05, 0.1) is 22.0 Å². The minimum atomic E-state index is -1.04. The lowest BCUT2D eigenvalue weighted by Gasteiger charge is -2.10. The van der Waals surface area contributed by atoms with Crippen LogP contribution in [0.15, 0.2) is 46.9 Å². The predicted molar refractivity (Wildman–Crippen MR) is 85.2 cm³/mol. The Morgan fingerprint density at radius 2 is 1.71 bits per heavy atom. The van der Waals surface area contributed by atoms with Crippen molar-refractivity contribution >= 4 is 50.9 Å². The summed E-state index contributed by atoms with van der Waals surface area (Å²) in [5, 5.41) is 14.5. The third-order valence-electron chi connectivity index (χ3n) is 2.59. The number of carboxylic acids is 1. The molecule has 3 N–H and O–H groups in total. The lowest BCUT2D eigenvalue weighted by atomic mass is 10.2. The van der Waals surface area contributed by atoms with Gasteiger partial charge in [-0.1, -0.05) is 23.7 Å². The van der Waals surface area contributed by atoms with Crippen molar-refractivity contribution in [3.8, 4) is 0 Å². The fraction of sp³-hybridized carbons (Fsp3) is 0. The lowest BCUT2D eigenvalue weighted by Crippen LogP contribution is -2.20. The SMILES string of the molecule is O=C(Nc1ccccc1Cl)Nc1ccc(C(=O)O)cc1Br. The fourth-order valence-electron chi connectivity index (χ4n) is 1.59. The maximum atomic E-state index is 11.9. The van der Waals surface area contributed by atoms with Gasteiger partial charge in [-0.15, -0.1) is 0 Å². The van der Waals surface area contributed by atoms with Gasteiger partial charge in [-0.25, -0.2) is 9.59 Å². The van der Waals surface area contributed by atoms with Crippen LogP contribution in [0.5, 0.6) is 0 Å². The summed E-state index contributed by atoms with van der Waals surface area (Å²) in [6.07, 6.45) is 0. The monoisotopic (exact) mass is 368 g/mol. The second-order valence-electron chi connectivity index (χ2n) is 4.06. The van der Waals surface area contributed by atoms with E-state index in [-0.39, 0.29) is 5.56 Å². The van der Waals surface area contributed by atoms with E-state index < -0.39 is 12.0 Å². The molecule has 21 heavy (non-hydrogen) atoms. The number of benzene rings is 2. The topological polar surface area (TPSA) is 78.4 Å². The van der Waals surface area contributed by atoms with Crippen LogP contribution in [0.3, 0.4) is 0 Å². The molecule has 0 bridgehead atoms. The molecule has 0 saturated carbocycles. The second kappa shape index (κ2) is 6.60. The van der Waals surface area contributed by atoms with Crippen molar-refractivity contribution < 1.29 is 14.7 Å². The number of para-hydroxylation sites is 1. The van der Waals surface area contributed by atoms with E-state index in [0.29, 0.717) is 20.9 Å². The Balaban J connectivity index is 2.10. The molecule has 0 saturated heterocycles. The number of rotatable bonds is 3. The molecular formula is C14H10BrClN2O3. The van der Waals surface area contributed by atoms with Gasteiger partial charge in [-0.3, -0.25) is 0 Å². The quantitative estimate of drug-likeness (QED) is 0.748. The number of amides is 2. The number of urea groups is 1. The first kappa shape index (κ1) is 15.3. The van der Waals surface area contributed by atoms with Gasteiger partial charge in [0, 0.05) is 4.47 Å². The first-order chi connectivity index (χ1) is 9.97. The number of aromatic carboxylic acids is 1. The molecule has 0 aliphatic heterocycles. The van der Waals surface area contributed by atoms with E-state index in [1.54, 1.807) is 24.3 Å². The fourth-order valence-corrected chi connectivity index (χ4v) is 2.25. The summed E-state index contributed by atoms with van der Waals surface area (Å²) in [4.78, 5) is 22.7. The molecule has 5 nitrogen and oxygen atoms in total. The van der Waals surface area contributed by atoms with Crippen molar-refractivity contribution in [3.63, 3.8) is 0 Å². The Morgan fingerprint density at radius 3 is 2.33 bits per heavy atom. The molecule has 0 heterocycles. The zero-order chi connectivity index (χ0) is 15.4. The highest BCUT2D eigenvalue weighted by atomic mass is 79.9.